The average Bonchev–Trinajstić information content (AvgIpc) is 2.66. The molecule has 1 aromatic heterocycles. The summed E-state index contributed by atoms with van der Waals surface area (Å²) in [6, 6.07) is 5.52. The zero-order valence-electron chi connectivity index (χ0n) is 7.41. The van der Waals surface area contributed by atoms with Gasteiger partial charge in [-0.2, -0.15) is 0 Å². The van der Waals surface area contributed by atoms with Gasteiger partial charge in [0.2, 0.25) is 0 Å². The van der Waals surface area contributed by atoms with E-state index in [1.54, 1.807) is 0 Å². The Labute approximate surface area is 89.4 Å². The zero-order valence-corrected chi connectivity index (χ0v) is 8.16. The fourth-order valence-electron chi connectivity index (χ4n) is 1.16. The van der Waals surface area contributed by atoms with Crippen molar-refractivity contribution in [2.75, 3.05) is 0 Å². The van der Waals surface area contributed by atoms with Crippen LogP contribution in [0.5, 0.6) is 0 Å². The van der Waals surface area contributed by atoms with E-state index in [4.69, 9.17) is 16.1 Å². The van der Waals surface area contributed by atoms with Gasteiger partial charge in [-0.25, -0.2) is 4.39 Å². The highest BCUT2D eigenvalue weighted by Crippen LogP contribution is 2.25. The number of hydrogen-bond donors (Lipinski definition) is 0. The van der Waals surface area contributed by atoms with Crippen LogP contribution >= 0.6 is 11.6 Å². The Morgan fingerprint density at radius 3 is 2.80 bits per heavy atom. The third-order valence-electron chi connectivity index (χ3n) is 1.85. The van der Waals surface area contributed by atoms with Gasteiger partial charge in [-0.3, -0.25) is 4.79 Å². The van der Waals surface area contributed by atoms with Crippen molar-refractivity contribution in [2.45, 2.75) is 0 Å². The maximum absolute atomic E-state index is 13.4. The molecule has 0 spiro atoms. The van der Waals surface area contributed by atoms with Crippen LogP contribution in [0, 0.1) is 5.82 Å². The van der Waals surface area contributed by atoms with E-state index in [9.17, 15) is 9.18 Å². The van der Waals surface area contributed by atoms with E-state index < -0.39 is 5.82 Å². The molecule has 0 N–H and O–H groups in total. The number of nitrogens with zero attached hydrogens (tertiary/aromatic N) is 1. The summed E-state index contributed by atoms with van der Waals surface area (Å²) in [4.78, 5) is 10.4. The molecule has 0 saturated carbocycles. The minimum atomic E-state index is -0.518. The Balaban J connectivity index is 2.49. The lowest BCUT2D eigenvalue weighted by molar-refractivity contribution is 0.111. The van der Waals surface area contributed by atoms with Crippen molar-refractivity contribution in [1.29, 1.82) is 0 Å². The Morgan fingerprint density at radius 1 is 1.40 bits per heavy atom. The molecular weight excluding hydrogens is 221 g/mol. The molecule has 0 radical (unpaired) electrons. The number of hydrogen-bond acceptors (Lipinski definition) is 3. The monoisotopic (exact) mass is 225 g/mol. The van der Waals surface area contributed by atoms with Crippen LogP contribution in [0.3, 0.4) is 0 Å². The van der Waals surface area contributed by atoms with Gasteiger partial charge in [0.1, 0.15) is 11.5 Å². The molecule has 0 amide bonds. The summed E-state index contributed by atoms with van der Waals surface area (Å²) in [5.41, 5.74) is 0.347. The van der Waals surface area contributed by atoms with Crippen molar-refractivity contribution >= 4 is 17.9 Å². The molecule has 0 aliphatic rings. The van der Waals surface area contributed by atoms with E-state index in [0.29, 0.717) is 11.3 Å². The topological polar surface area (TPSA) is 43.1 Å². The van der Waals surface area contributed by atoms with Crippen molar-refractivity contribution < 1.29 is 13.7 Å². The van der Waals surface area contributed by atoms with Crippen LogP contribution in [-0.2, 0) is 0 Å². The van der Waals surface area contributed by atoms with Crippen LogP contribution in [0.2, 0.25) is 5.02 Å². The largest absolute Gasteiger partial charge is 0.355 e. The van der Waals surface area contributed by atoms with Crippen molar-refractivity contribution in [3.8, 4) is 11.3 Å². The normalized spacial score (nSPS) is 10.3. The summed E-state index contributed by atoms with van der Waals surface area (Å²) in [5.74, 6) is -0.317. The van der Waals surface area contributed by atoms with Crippen molar-refractivity contribution in [1.82, 2.24) is 5.16 Å². The molecule has 0 aliphatic heterocycles. The Kier molecular flexibility index (Phi) is 2.51. The fourth-order valence-corrected chi connectivity index (χ4v) is 1.32. The van der Waals surface area contributed by atoms with Gasteiger partial charge < -0.3 is 4.52 Å². The SMILES string of the molecule is O=Cc1cc(-c2ccc(Cl)cc2F)on1. The predicted molar refractivity (Wildman–Crippen MR) is 52.3 cm³/mol. The van der Waals surface area contributed by atoms with Gasteiger partial charge in [0.15, 0.2) is 12.0 Å². The Bertz CT molecular complexity index is 510. The van der Waals surface area contributed by atoms with Gasteiger partial charge in [0, 0.05) is 11.1 Å². The third kappa shape index (κ3) is 1.89. The molecule has 5 heteroatoms. The molecule has 15 heavy (non-hydrogen) atoms. The van der Waals surface area contributed by atoms with Gasteiger partial charge >= 0.3 is 0 Å². The van der Waals surface area contributed by atoms with Crippen molar-refractivity contribution in [2.24, 2.45) is 0 Å². The second-order valence-electron chi connectivity index (χ2n) is 2.86. The lowest BCUT2D eigenvalue weighted by Gasteiger charge is -1.97. The molecule has 76 valence electrons. The minimum absolute atomic E-state index is 0.124. The summed E-state index contributed by atoms with van der Waals surface area (Å²) < 4.78 is 18.2. The molecule has 1 aromatic carbocycles. The summed E-state index contributed by atoms with van der Waals surface area (Å²) in [6.07, 6.45) is 0.529. The highest BCUT2D eigenvalue weighted by Gasteiger charge is 2.11. The molecule has 0 atom stereocenters. The first kappa shape index (κ1) is 9.86. The fraction of sp³-hybridized carbons (Fsp3) is 0. The van der Waals surface area contributed by atoms with Crippen LogP contribution in [0.1, 0.15) is 10.5 Å². The molecule has 0 fully saturated rings. The van der Waals surface area contributed by atoms with E-state index in [1.807, 2.05) is 0 Å². The van der Waals surface area contributed by atoms with E-state index >= 15 is 0 Å². The van der Waals surface area contributed by atoms with E-state index in [-0.39, 0.29) is 17.0 Å². The van der Waals surface area contributed by atoms with E-state index in [1.165, 1.54) is 24.3 Å². The third-order valence-corrected chi connectivity index (χ3v) is 2.08. The molecule has 0 saturated heterocycles. The number of aldehydes is 1. The first-order chi connectivity index (χ1) is 7.20. The van der Waals surface area contributed by atoms with Gasteiger partial charge in [-0.05, 0) is 18.2 Å². The van der Waals surface area contributed by atoms with Gasteiger partial charge in [-0.1, -0.05) is 16.8 Å². The lowest BCUT2D eigenvalue weighted by Crippen LogP contribution is -1.81. The molecule has 2 rings (SSSR count). The second-order valence-corrected chi connectivity index (χ2v) is 3.29. The first-order valence-corrected chi connectivity index (χ1v) is 4.46. The average molecular weight is 226 g/mol. The predicted octanol–water partition coefficient (Wildman–Crippen LogP) is 2.95. The molecule has 0 bridgehead atoms. The van der Waals surface area contributed by atoms with Crippen LogP contribution in [0.15, 0.2) is 28.8 Å². The minimum Gasteiger partial charge on any atom is -0.355 e. The summed E-state index contributed by atoms with van der Waals surface area (Å²) in [5, 5.41) is 3.73. The molecule has 0 aliphatic carbocycles. The summed E-state index contributed by atoms with van der Waals surface area (Å²) in [6.45, 7) is 0. The van der Waals surface area contributed by atoms with E-state index in [0.717, 1.165) is 0 Å². The zero-order chi connectivity index (χ0) is 10.8. The second kappa shape index (κ2) is 3.82. The quantitative estimate of drug-likeness (QED) is 0.738. The van der Waals surface area contributed by atoms with Gasteiger partial charge in [-0.15, -0.1) is 0 Å². The molecule has 3 nitrogen and oxygen atoms in total. The number of benzene rings is 1. The van der Waals surface area contributed by atoms with Gasteiger partial charge in [0.05, 0.1) is 5.56 Å². The van der Waals surface area contributed by atoms with Crippen molar-refractivity contribution in [3.63, 3.8) is 0 Å². The van der Waals surface area contributed by atoms with Gasteiger partial charge in [0.25, 0.3) is 0 Å². The lowest BCUT2D eigenvalue weighted by atomic mass is 10.1. The molecule has 0 unspecified atom stereocenters. The Morgan fingerprint density at radius 2 is 2.20 bits per heavy atom. The maximum atomic E-state index is 13.4. The van der Waals surface area contributed by atoms with Crippen LogP contribution < -0.4 is 0 Å². The summed E-state index contributed by atoms with van der Waals surface area (Å²) in [7, 11) is 0. The van der Waals surface area contributed by atoms with Crippen LogP contribution in [-0.4, -0.2) is 11.4 Å². The molecular formula is C10H5ClFNO2. The molecule has 1 heterocycles. The summed E-state index contributed by atoms with van der Waals surface area (Å²) >= 11 is 5.59. The highest BCUT2D eigenvalue weighted by atomic mass is 35.5. The Hall–Kier alpha value is -1.68. The number of rotatable bonds is 2. The first-order valence-electron chi connectivity index (χ1n) is 4.08. The number of carbonyl (C=O) groups excluding carboxylic acids is 1. The smallest absolute Gasteiger partial charge is 0.171 e. The number of carbonyl (C=O) groups is 1. The van der Waals surface area contributed by atoms with E-state index in [2.05, 4.69) is 5.16 Å². The molecule has 2 aromatic rings. The number of halogens is 2. The number of aromatic nitrogens is 1. The maximum Gasteiger partial charge on any atom is 0.171 e. The van der Waals surface area contributed by atoms with Crippen molar-refractivity contribution in [3.05, 3.63) is 40.8 Å². The highest BCUT2D eigenvalue weighted by molar-refractivity contribution is 6.30. The standard InChI is InChI=1S/C10H5ClFNO2/c11-6-1-2-8(9(12)3-6)10-4-7(5-14)13-15-10/h1-5H. The van der Waals surface area contributed by atoms with Crippen LogP contribution in [0.4, 0.5) is 4.39 Å². The van der Waals surface area contributed by atoms with Crippen LogP contribution in [0.25, 0.3) is 11.3 Å².